The second-order valence-electron chi connectivity index (χ2n) is 10.1. The number of fused-ring (bicyclic) bond motifs is 1. The van der Waals surface area contributed by atoms with Crippen molar-refractivity contribution in [1.29, 1.82) is 0 Å². The van der Waals surface area contributed by atoms with Crippen molar-refractivity contribution in [2.24, 2.45) is 5.41 Å². The molecular weight excluding hydrogens is 438 g/mol. The average molecular weight is 471 g/mol. The van der Waals surface area contributed by atoms with E-state index >= 15 is 0 Å². The summed E-state index contributed by atoms with van der Waals surface area (Å²) >= 11 is 0. The van der Waals surface area contributed by atoms with Crippen LogP contribution in [0.2, 0.25) is 0 Å². The van der Waals surface area contributed by atoms with E-state index in [0.29, 0.717) is 0 Å². The van der Waals surface area contributed by atoms with Crippen molar-refractivity contribution >= 4 is 12.1 Å². The molecule has 1 aromatic carbocycles. The van der Waals surface area contributed by atoms with E-state index in [-0.39, 0.29) is 19.8 Å². The molecule has 2 saturated heterocycles. The first-order valence-corrected chi connectivity index (χ1v) is 10.9. The SMILES string of the molecule is CC(C)(C)OC(=O)N1CC(F)(F)C2C1CON2C[C@H](O)C(C)(C)C(=O)OCc1ccccc1. The summed E-state index contributed by atoms with van der Waals surface area (Å²) in [5, 5.41) is 11.7. The molecule has 3 rings (SSSR count). The molecule has 0 aromatic heterocycles. The number of amides is 1. The van der Waals surface area contributed by atoms with Crippen molar-refractivity contribution in [1.82, 2.24) is 9.96 Å². The van der Waals surface area contributed by atoms with Crippen molar-refractivity contribution in [3.05, 3.63) is 35.9 Å². The summed E-state index contributed by atoms with van der Waals surface area (Å²) in [7, 11) is 0. The van der Waals surface area contributed by atoms with Gasteiger partial charge in [0, 0.05) is 0 Å². The maximum absolute atomic E-state index is 14.9. The number of likely N-dealkylation sites (tertiary alicyclic amines) is 1. The predicted octanol–water partition coefficient (Wildman–Crippen LogP) is 2.99. The zero-order valence-corrected chi connectivity index (χ0v) is 19.6. The molecule has 33 heavy (non-hydrogen) atoms. The molecule has 0 saturated carbocycles. The first-order valence-electron chi connectivity index (χ1n) is 10.9. The number of carbonyl (C=O) groups excluding carboxylic acids is 2. The second-order valence-corrected chi connectivity index (χ2v) is 10.1. The zero-order chi connectivity index (χ0) is 24.6. The number of ether oxygens (including phenoxy) is 2. The van der Waals surface area contributed by atoms with Gasteiger partial charge in [0.15, 0.2) is 0 Å². The first kappa shape index (κ1) is 25.3. The molecule has 8 nitrogen and oxygen atoms in total. The molecule has 0 bridgehead atoms. The number of nitrogens with zero attached hydrogens (tertiary/aromatic N) is 2. The summed E-state index contributed by atoms with van der Waals surface area (Å²) in [4.78, 5) is 31.5. The molecule has 1 N–H and O–H groups in total. The number of rotatable bonds is 6. The van der Waals surface area contributed by atoms with Crippen LogP contribution in [0.4, 0.5) is 13.6 Å². The Balaban J connectivity index is 1.64. The zero-order valence-electron chi connectivity index (χ0n) is 19.6. The topological polar surface area (TPSA) is 88.5 Å². The van der Waals surface area contributed by atoms with Gasteiger partial charge in [0.05, 0.1) is 37.3 Å². The Hall–Kier alpha value is -2.30. The number of benzene rings is 1. The van der Waals surface area contributed by atoms with E-state index in [9.17, 15) is 23.5 Å². The minimum Gasteiger partial charge on any atom is -0.460 e. The quantitative estimate of drug-likeness (QED) is 0.640. The molecule has 0 aliphatic carbocycles. The van der Waals surface area contributed by atoms with Crippen LogP contribution in [0, 0.1) is 5.41 Å². The van der Waals surface area contributed by atoms with Gasteiger partial charge < -0.3 is 14.6 Å². The standard InChI is InChI=1S/C23H32F2N2O6/c1-21(2,3)33-20(30)26-14-23(24,25)18-16(26)13-32-27(18)11-17(28)22(4,5)19(29)31-12-15-9-7-6-8-10-15/h6-10,16-18,28H,11-14H2,1-5H3/t16?,17-,18?/m0/s1. The Labute approximate surface area is 192 Å². The van der Waals surface area contributed by atoms with Crippen molar-refractivity contribution in [2.45, 2.75) is 70.9 Å². The Kier molecular flexibility index (Phi) is 7.02. The minimum absolute atomic E-state index is 0.0314. The summed E-state index contributed by atoms with van der Waals surface area (Å²) in [6.45, 7) is 6.64. The van der Waals surface area contributed by atoms with Crippen LogP contribution >= 0.6 is 0 Å². The monoisotopic (exact) mass is 470 g/mol. The summed E-state index contributed by atoms with van der Waals surface area (Å²) in [6.07, 6.45) is -2.20. The summed E-state index contributed by atoms with van der Waals surface area (Å²) in [5.41, 5.74) is -1.42. The third-order valence-corrected chi connectivity index (χ3v) is 5.85. The van der Waals surface area contributed by atoms with Crippen LogP contribution in [0.15, 0.2) is 30.3 Å². The molecule has 1 amide bonds. The van der Waals surface area contributed by atoms with Gasteiger partial charge in [0.1, 0.15) is 18.2 Å². The molecule has 0 spiro atoms. The lowest BCUT2D eigenvalue weighted by atomic mass is 9.86. The molecule has 184 valence electrons. The van der Waals surface area contributed by atoms with E-state index < -0.39 is 53.7 Å². The van der Waals surface area contributed by atoms with Gasteiger partial charge in [0.2, 0.25) is 0 Å². The lowest BCUT2D eigenvalue weighted by Gasteiger charge is -2.33. The molecule has 2 unspecified atom stereocenters. The maximum Gasteiger partial charge on any atom is 0.410 e. The summed E-state index contributed by atoms with van der Waals surface area (Å²) in [6, 6.07) is 6.66. The van der Waals surface area contributed by atoms with E-state index in [0.717, 1.165) is 15.5 Å². The number of halogens is 2. The number of carbonyl (C=O) groups is 2. The van der Waals surface area contributed by atoms with Gasteiger partial charge >= 0.3 is 12.1 Å². The Morgan fingerprint density at radius 3 is 2.45 bits per heavy atom. The normalized spacial score (nSPS) is 23.8. The molecule has 2 fully saturated rings. The molecule has 0 radical (unpaired) electrons. The third-order valence-electron chi connectivity index (χ3n) is 5.85. The average Bonchev–Trinajstić information content (AvgIpc) is 3.25. The Bertz CT molecular complexity index is 858. The number of hydrogen-bond donors (Lipinski definition) is 1. The van der Waals surface area contributed by atoms with E-state index in [1.54, 1.807) is 32.9 Å². The fraction of sp³-hybridized carbons (Fsp3) is 0.652. The fourth-order valence-corrected chi connectivity index (χ4v) is 3.86. The molecule has 2 heterocycles. The van der Waals surface area contributed by atoms with Crippen LogP contribution in [0.25, 0.3) is 0 Å². The molecular formula is C23H32F2N2O6. The Morgan fingerprint density at radius 1 is 1.21 bits per heavy atom. The first-order chi connectivity index (χ1) is 15.2. The van der Waals surface area contributed by atoms with Crippen LogP contribution in [0.3, 0.4) is 0 Å². The second kappa shape index (κ2) is 9.15. The summed E-state index contributed by atoms with van der Waals surface area (Å²) in [5.74, 6) is -3.95. The molecule has 2 aliphatic rings. The molecule has 10 heteroatoms. The van der Waals surface area contributed by atoms with Crippen molar-refractivity contribution in [3.8, 4) is 0 Å². The number of aliphatic hydroxyl groups excluding tert-OH is 1. The maximum atomic E-state index is 14.9. The van der Waals surface area contributed by atoms with E-state index in [2.05, 4.69) is 0 Å². The highest BCUT2D eigenvalue weighted by Gasteiger charge is 2.63. The molecule has 1 aromatic rings. The number of hydrogen-bond acceptors (Lipinski definition) is 7. The van der Waals surface area contributed by atoms with Crippen LogP contribution < -0.4 is 0 Å². The van der Waals surface area contributed by atoms with Gasteiger partial charge in [-0.05, 0) is 40.2 Å². The van der Waals surface area contributed by atoms with Gasteiger partial charge in [-0.2, -0.15) is 5.06 Å². The van der Waals surface area contributed by atoms with Crippen LogP contribution in [0.1, 0.15) is 40.2 Å². The number of alkyl halides is 2. The van der Waals surface area contributed by atoms with Crippen molar-refractivity contribution < 1.29 is 37.8 Å². The van der Waals surface area contributed by atoms with Gasteiger partial charge in [-0.15, -0.1) is 0 Å². The van der Waals surface area contributed by atoms with Gasteiger partial charge in [0.25, 0.3) is 5.92 Å². The van der Waals surface area contributed by atoms with Crippen molar-refractivity contribution in [3.63, 3.8) is 0 Å². The van der Waals surface area contributed by atoms with E-state index in [1.807, 2.05) is 18.2 Å². The highest BCUT2D eigenvalue weighted by molar-refractivity contribution is 5.76. The van der Waals surface area contributed by atoms with Crippen LogP contribution in [0.5, 0.6) is 0 Å². The lowest BCUT2D eigenvalue weighted by molar-refractivity contribution is -0.203. The number of esters is 1. The highest BCUT2D eigenvalue weighted by atomic mass is 19.3. The minimum atomic E-state index is -3.28. The lowest BCUT2D eigenvalue weighted by Crippen LogP contribution is -2.51. The van der Waals surface area contributed by atoms with Gasteiger partial charge in [-0.1, -0.05) is 30.3 Å². The third kappa shape index (κ3) is 5.62. The summed E-state index contributed by atoms with van der Waals surface area (Å²) < 4.78 is 40.3. The fourth-order valence-electron chi connectivity index (χ4n) is 3.86. The number of hydroxylamine groups is 2. The van der Waals surface area contributed by atoms with Gasteiger partial charge in [-0.3, -0.25) is 14.5 Å². The van der Waals surface area contributed by atoms with Crippen LogP contribution in [-0.4, -0.2) is 76.5 Å². The van der Waals surface area contributed by atoms with Gasteiger partial charge in [-0.25, -0.2) is 13.6 Å². The highest BCUT2D eigenvalue weighted by Crippen LogP contribution is 2.41. The number of aliphatic hydroxyl groups is 1. The number of β-amino-alcohol motifs (C(OH)–C–C–N with tert-alkyl or cyclic N) is 1. The van der Waals surface area contributed by atoms with Crippen molar-refractivity contribution in [2.75, 3.05) is 19.7 Å². The Morgan fingerprint density at radius 2 is 1.85 bits per heavy atom. The van der Waals surface area contributed by atoms with E-state index in [4.69, 9.17) is 14.3 Å². The smallest absolute Gasteiger partial charge is 0.410 e. The molecule has 2 aliphatic heterocycles. The van der Waals surface area contributed by atoms with Crippen LogP contribution in [-0.2, 0) is 25.7 Å². The predicted molar refractivity (Wildman–Crippen MR) is 114 cm³/mol. The molecule has 3 atom stereocenters. The van der Waals surface area contributed by atoms with E-state index in [1.165, 1.54) is 13.8 Å². The largest absolute Gasteiger partial charge is 0.460 e.